The van der Waals surface area contributed by atoms with Gasteiger partial charge in [0.1, 0.15) is 12.2 Å². The maximum absolute atomic E-state index is 13.1. The predicted molar refractivity (Wildman–Crippen MR) is 62.1 cm³/mol. The van der Waals surface area contributed by atoms with E-state index in [0.29, 0.717) is 12.8 Å². The van der Waals surface area contributed by atoms with Gasteiger partial charge in [0.05, 0.1) is 0 Å². The second-order valence-electron chi connectivity index (χ2n) is 4.21. The maximum Gasteiger partial charge on any atom is 1.00 e. The molecule has 110 valence electrons. The summed E-state index contributed by atoms with van der Waals surface area (Å²) in [6.45, 7) is 1.82. The molecule has 2 atom stereocenters. The zero-order valence-electron chi connectivity index (χ0n) is 12.8. The molecule has 0 spiro atoms. The van der Waals surface area contributed by atoms with Crippen molar-refractivity contribution in [1.29, 1.82) is 0 Å². The van der Waals surface area contributed by atoms with Gasteiger partial charge in [-0.05, 0) is 38.0 Å². The Morgan fingerprint density at radius 3 is 2.14 bits per heavy atom. The van der Waals surface area contributed by atoms with Gasteiger partial charge < -0.3 is 20.1 Å². The average Bonchev–Trinajstić information content (AvgIpc) is 2.31. The first-order valence-electron chi connectivity index (χ1n) is 6.17. The van der Waals surface area contributed by atoms with Gasteiger partial charge in [0, 0.05) is 5.97 Å². The van der Waals surface area contributed by atoms with Crippen molar-refractivity contribution >= 4 is 17.8 Å². The average molecular weight is 321 g/mol. The molecule has 0 saturated carbocycles. The minimum absolute atomic E-state index is 0. The molecule has 0 radical (unpaired) electrons. The van der Waals surface area contributed by atoms with Crippen molar-refractivity contribution in [3.05, 3.63) is 0 Å². The van der Waals surface area contributed by atoms with Crippen molar-refractivity contribution in [2.45, 2.75) is 57.7 Å². The van der Waals surface area contributed by atoms with Crippen LogP contribution in [0.3, 0.4) is 0 Å². The molecule has 0 saturated heterocycles. The summed E-state index contributed by atoms with van der Waals surface area (Å²) in [5, 5.41) is 30.3. The van der Waals surface area contributed by atoms with Crippen LogP contribution in [-0.4, -0.2) is 35.2 Å². The van der Waals surface area contributed by atoms with Crippen LogP contribution in [0.1, 0.15) is 45.4 Å². The Bertz CT molecular complexity index is 342. The normalized spacial score (nSPS) is 13.5. The van der Waals surface area contributed by atoms with Crippen LogP contribution in [0.25, 0.3) is 0 Å². The van der Waals surface area contributed by atoms with Crippen LogP contribution in [0.4, 0.5) is 4.39 Å². The number of alkyl halides is 1. The third-order valence-corrected chi connectivity index (χ3v) is 2.48. The van der Waals surface area contributed by atoms with E-state index in [4.69, 9.17) is 5.11 Å². The molecule has 21 heavy (non-hydrogen) atoms. The first-order chi connectivity index (χ1) is 8.86. The topological polar surface area (TPSA) is 113 Å². The van der Waals surface area contributed by atoms with E-state index in [2.05, 4.69) is 4.99 Å². The number of hydrogen-bond donors (Lipinski definition) is 1. The number of halogens is 1. The summed E-state index contributed by atoms with van der Waals surface area (Å²) >= 11 is 0. The second kappa shape index (κ2) is 15.2. The van der Waals surface area contributed by atoms with Crippen molar-refractivity contribution in [2.24, 2.45) is 4.99 Å². The third kappa shape index (κ3) is 15.0. The summed E-state index contributed by atoms with van der Waals surface area (Å²) in [6.07, 6.45) is -1.06. The van der Waals surface area contributed by atoms with E-state index < -0.39 is 36.5 Å². The largest absolute Gasteiger partial charge is 1.00 e. The molecule has 9 heteroatoms. The van der Waals surface area contributed by atoms with Crippen LogP contribution in [0, 0.1) is 0 Å². The first-order valence-corrected chi connectivity index (χ1v) is 6.17. The monoisotopic (exact) mass is 321 g/mol. The summed E-state index contributed by atoms with van der Waals surface area (Å²) in [7, 11) is 0. The Morgan fingerprint density at radius 1 is 1.14 bits per heavy atom. The molecule has 0 bridgehead atoms. The summed E-state index contributed by atoms with van der Waals surface area (Å²) in [5.41, 5.74) is 0. The summed E-state index contributed by atoms with van der Waals surface area (Å²) in [6, 6.07) is -1.41. The molecule has 0 aliphatic carbocycles. The Morgan fingerprint density at radius 2 is 1.71 bits per heavy atom. The zero-order chi connectivity index (χ0) is 14.8. The van der Waals surface area contributed by atoms with Gasteiger partial charge in [-0.2, -0.15) is 0 Å². The maximum atomic E-state index is 13.1. The van der Waals surface area contributed by atoms with Crippen molar-refractivity contribution in [1.82, 2.24) is 0 Å². The summed E-state index contributed by atoms with van der Waals surface area (Å²) in [4.78, 5) is 24.4. The summed E-state index contributed by atoms with van der Waals surface area (Å²) < 4.78 is 13.1. The van der Waals surface area contributed by atoms with E-state index >= 15 is 0 Å². The van der Waals surface area contributed by atoms with E-state index in [9.17, 15) is 24.2 Å². The minimum Gasteiger partial charge on any atom is -0.862 e. The Balaban J connectivity index is -0.00000162. The SMILES string of the molecule is CCCC(F)CCC([O-])=N[C@@H](CCC(=O)[O-])C(=O)O.[Na+].[Na+]. The minimum atomic E-state index is -1.41. The number of nitrogens with zero attached hydrogens (tertiary/aromatic N) is 1. The molecular weight excluding hydrogens is 303 g/mol. The number of rotatable bonds is 10. The van der Waals surface area contributed by atoms with E-state index in [1.807, 2.05) is 6.92 Å². The number of hydrogen-bond acceptors (Lipinski definition) is 5. The van der Waals surface area contributed by atoms with Crippen molar-refractivity contribution in [3.8, 4) is 0 Å². The van der Waals surface area contributed by atoms with Crippen LogP contribution in [0.2, 0.25) is 0 Å². The van der Waals surface area contributed by atoms with E-state index in [-0.39, 0.29) is 78.4 Å². The molecule has 0 aliphatic heterocycles. The molecule has 0 fully saturated rings. The van der Waals surface area contributed by atoms with Gasteiger partial charge in [-0.25, -0.2) is 9.18 Å². The number of carbonyl (C=O) groups excluding carboxylic acids is 1. The van der Waals surface area contributed by atoms with E-state index in [1.54, 1.807) is 0 Å². The van der Waals surface area contributed by atoms with Crippen molar-refractivity contribution < 1.29 is 88.4 Å². The van der Waals surface area contributed by atoms with Crippen molar-refractivity contribution in [2.75, 3.05) is 0 Å². The Hall–Kier alpha value is 0.340. The number of aliphatic imine (C=N–C) groups is 1. The molecule has 1 unspecified atom stereocenters. The molecule has 0 aliphatic rings. The molecule has 6 nitrogen and oxygen atoms in total. The molecule has 0 heterocycles. The zero-order valence-corrected chi connectivity index (χ0v) is 16.8. The van der Waals surface area contributed by atoms with Gasteiger partial charge in [0.15, 0.2) is 0 Å². The molecule has 0 aromatic rings. The fraction of sp³-hybridized carbons (Fsp3) is 0.750. The molecule has 0 aromatic heterocycles. The van der Waals surface area contributed by atoms with Gasteiger partial charge in [-0.1, -0.05) is 13.3 Å². The molecule has 0 amide bonds. The van der Waals surface area contributed by atoms with Crippen molar-refractivity contribution in [3.63, 3.8) is 0 Å². The smallest absolute Gasteiger partial charge is 0.862 e. The fourth-order valence-electron chi connectivity index (χ4n) is 1.47. The van der Waals surface area contributed by atoms with Gasteiger partial charge in [0.2, 0.25) is 0 Å². The van der Waals surface area contributed by atoms with Crippen LogP contribution in [0.5, 0.6) is 0 Å². The van der Waals surface area contributed by atoms with Crippen LogP contribution >= 0.6 is 0 Å². The standard InChI is InChI=1S/C12H20FNO5.2Na/c1-2-3-8(13)4-6-10(15)14-9(12(18)19)5-7-11(16)17;;/h8-9H,2-7H2,1H3,(H,14,15)(H,16,17)(H,18,19);;/q;2*+1/p-2/t8?,9-;;/m0../s1. The molecule has 0 aromatic carbocycles. The van der Waals surface area contributed by atoms with Crippen LogP contribution < -0.4 is 69.3 Å². The number of carboxylic acids is 2. The van der Waals surface area contributed by atoms with Crippen LogP contribution in [-0.2, 0) is 9.59 Å². The van der Waals surface area contributed by atoms with E-state index in [1.165, 1.54) is 0 Å². The second-order valence-corrected chi connectivity index (χ2v) is 4.21. The third-order valence-electron chi connectivity index (χ3n) is 2.48. The van der Waals surface area contributed by atoms with E-state index in [0.717, 1.165) is 0 Å². The number of carboxylic acid groups (broad SMARTS) is 2. The summed E-state index contributed by atoms with van der Waals surface area (Å²) in [5.74, 6) is -3.50. The molecule has 1 N–H and O–H groups in total. The molecular formula is C12H18FNNa2O5. The Kier molecular flexibility index (Phi) is 19.1. The molecule has 0 rings (SSSR count). The number of aliphatic carboxylic acids is 2. The fourth-order valence-corrected chi connectivity index (χ4v) is 1.47. The quantitative estimate of drug-likeness (QED) is 0.244. The predicted octanol–water partition coefficient (Wildman–Crippen LogP) is -6.35. The van der Waals surface area contributed by atoms with Gasteiger partial charge in [0.25, 0.3) is 0 Å². The van der Waals surface area contributed by atoms with Crippen LogP contribution in [0.15, 0.2) is 4.99 Å². The van der Waals surface area contributed by atoms with Gasteiger partial charge in [-0.3, -0.25) is 4.99 Å². The van der Waals surface area contributed by atoms with Gasteiger partial charge >= 0.3 is 65.1 Å². The van der Waals surface area contributed by atoms with Gasteiger partial charge in [-0.15, -0.1) is 0 Å². The number of carbonyl (C=O) groups is 2. The Labute approximate surface area is 167 Å². The first kappa shape index (κ1) is 26.2.